The van der Waals surface area contributed by atoms with Crippen LogP contribution in [-0.4, -0.2) is 49.9 Å². The first kappa shape index (κ1) is 12.8. The number of carbonyl (C=O) groups is 1. The number of ether oxygens (including phenoxy) is 2. The number of nitrogens with one attached hydrogen (secondary N) is 1. The third kappa shape index (κ3) is 6.02. The number of hydrogen-bond donors (Lipinski definition) is 1. The molecule has 1 aliphatic rings. The molecule has 5 heteroatoms. The molecular weight excluding hydrogens is 214 g/mol. The van der Waals surface area contributed by atoms with Crippen molar-refractivity contribution in [1.29, 1.82) is 0 Å². The van der Waals surface area contributed by atoms with Gasteiger partial charge >= 0.3 is 5.97 Å². The van der Waals surface area contributed by atoms with Gasteiger partial charge in [0.25, 0.3) is 0 Å². The molecule has 1 N–H and O–H groups in total. The number of esters is 1. The first-order valence-electron chi connectivity index (χ1n) is 5.37. The Kier molecular flexibility index (Phi) is 6.80. The average molecular weight is 233 g/mol. The number of thioether (sulfide) groups is 1. The standard InChI is InChI=1S/C10H19NO3S/c1-2-13-4-5-14-10(12)7-9-8-15-6-3-11-9/h9,11H,2-8H2,1H3. The fourth-order valence-electron chi connectivity index (χ4n) is 1.37. The summed E-state index contributed by atoms with van der Waals surface area (Å²) < 4.78 is 10.1. The third-order valence-electron chi connectivity index (χ3n) is 2.11. The normalized spacial score (nSPS) is 21.3. The Hall–Kier alpha value is -0.260. The highest BCUT2D eigenvalue weighted by molar-refractivity contribution is 7.99. The van der Waals surface area contributed by atoms with E-state index in [1.54, 1.807) is 0 Å². The predicted molar refractivity (Wildman–Crippen MR) is 61.2 cm³/mol. The summed E-state index contributed by atoms with van der Waals surface area (Å²) in [5.41, 5.74) is 0. The monoisotopic (exact) mass is 233 g/mol. The van der Waals surface area contributed by atoms with Crippen molar-refractivity contribution in [3.8, 4) is 0 Å². The van der Waals surface area contributed by atoms with Crippen LogP contribution in [0, 0.1) is 0 Å². The Bertz CT molecular complexity index is 184. The summed E-state index contributed by atoms with van der Waals surface area (Å²) in [6.07, 6.45) is 0.471. The lowest BCUT2D eigenvalue weighted by Gasteiger charge is -2.22. The van der Waals surface area contributed by atoms with Gasteiger partial charge in [-0.05, 0) is 6.92 Å². The van der Waals surface area contributed by atoms with Crippen molar-refractivity contribution in [1.82, 2.24) is 5.32 Å². The molecule has 4 nitrogen and oxygen atoms in total. The van der Waals surface area contributed by atoms with Gasteiger partial charge in [0.2, 0.25) is 0 Å². The van der Waals surface area contributed by atoms with Crippen molar-refractivity contribution in [2.75, 3.05) is 37.9 Å². The van der Waals surface area contributed by atoms with Crippen LogP contribution >= 0.6 is 11.8 Å². The van der Waals surface area contributed by atoms with E-state index in [0.29, 0.717) is 26.2 Å². The van der Waals surface area contributed by atoms with Crippen LogP contribution in [0.2, 0.25) is 0 Å². The van der Waals surface area contributed by atoms with E-state index < -0.39 is 0 Å². The molecule has 0 aliphatic carbocycles. The molecule has 0 aromatic rings. The lowest BCUT2D eigenvalue weighted by atomic mass is 10.2. The molecule has 1 saturated heterocycles. The lowest BCUT2D eigenvalue weighted by Crippen LogP contribution is -2.39. The van der Waals surface area contributed by atoms with Crippen LogP contribution in [0.5, 0.6) is 0 Å². The van der Waals surface area contributed by atoms with Crippen molar-refractivity contribution in [2.45, 2.75) is 19.4 Å². The van der Waals surface area contributed by atoms with Crippen LogP contribution in [0.25, 0.3) is 0 Å². The molecule has 0 amide bonds. The van der Waals surface area contributed by atoms with E-state index in [9.17, 15) is 4.79 Å². The Morgan fingerprint density at radius 3 is 3.07 bits per heavy atom. The van der Waals surface area contributed by atoms with Crippen molar-refractivity contribution in [2.24, 2.45) is 0 Å². The minimum Gasteiger partial charge on any atom is -0.463 e. The summed E-state index contributed by atoms with van der Waals surface area (Å²) in [5, 5.41) is 3.30. The summed E-state index contributed by atoms with van der Waals surface area (Å²) in [6, 6.07) is 0.281. The van der Waals surface area contributed by atoms with E-state index in [4.69, 9.17) is 9.47 Å². The largest absolute Gasteiger partial charge is 0.463 e. The lowest BCUT2D eigenvalue weighted by molar-refractivity contribution is -0.145. The SMILES string of the molecule is CCOCCOC(=O)CC1CSCCN1. The molecule has 0 aromatic heterocycles. The number of carbonyl (C=O) groups excluding carboxylic acids is 1. The minimum atomic E-state index is -0.130. The van der Waals surface area contributed by atoms with E-state index in [0.717, 1.165) is 18.1 Å². The van der Waals surface area contributed by atoms with Crippen LogP contribution < -0.4 is 5.32 Å². The Labute approximate surface area is 95.1 Å². The smallest absolute Gasteiger partial charge is 0.307 e. The maximum Gasteiger partial charge on any atom is 0.307 e. The van der Waals surface area contributed by atoms with Crippen molar-refractivity contribution < 1.29 is 14.3 Å². The van der Waals surface area contributed by atoms with Crippen LogP contribution in [0.1, 0.15) is 13.3 Å². The summed E-state index contributed by atoms with van der Waals surface area (Å²) in [4.78, 5) is 11.3. The van der Waals surface area contributed by atoms with E-state index in [-0.39, 0.29) is 12.0 Å². The van der Waals surface area contributed by atoms with Crippen molar-refractivity contribution in [3.05, 3.63) is 0 Å². The molecule has 0 spiro atoms. The van der Waals surface area contributed by atoms with Crippen LogP contribution in [0.15, 0.2) is 0 Å². The second-order valence-corrected chi connectivity index (χ2v) is 4.50. The molecule has 0 radical (unpaired) electrons. The average Bonchev–Trinajstić information content (AvgIpc) is 2.26. The maximum absolute atomic E-state index is 11.3. The van der Waals surface area contributed by atoms with E-state index in [1.807, 2.05) is 18.7 Å². The topological polar surface area (TPSA) is 47.6 Å². The molecule has 88 valence electrons. The summed E-state index contributed by atoms with van der Waals surface area (Å²) in [7, 11) is 0. The van der Waals surface area contributed by atoms with Gasteiger partial charge in [0.15, 0.2) is 0 Å². The Morgan fingerprint density at radius 1 is 1.53 bits per heavy atom. The molecule has 0 bridgehead atoms. The highest BCUT2D eigenvalue weighted by Gasteiger charge is 2.17. The Morgan fingerprint density at radius 2 is 2.40 bits per heavy atom. The van der Waals surface area contributed by atoms with Gasteiger partial charge in [-0.1, -0.05) is 0 Å². The van der Waals surface area contributed by atoms with E-state index in [2.05, 4.69) is 5.32 Å². The zero-order valence-electron chi connectivity index (χ0n) is 9.16. The van der Waals surface area contributed by atoms with E-state index >= 15 is 0 Å². The molecular formula is C10H19NO3S. The molecule has 1 rings (SSSR count). The summed E-state index contributed by atoms with van der Waals surface area (Å²) in [6.45, 7) is 4.44. The molecule has 1 heterocycles. The number of rotatable bonds is 6. The van der Waals surface area contributed by atoms with Gasteiger partial charge in [-0.3, -0.25) is 4.79 Å². The molecule has 1 aliphatic heterocycles. The van der Waals surface area contributed by atoms with Crippen LogP contribution in [0.4, 0.5) is 0 Å². The Balaban J connectivity index is 2.01. The molecule has 1 unspecified atom stereocenters. The van der Waals surface area contributed by atoms with Gasteiger partial charge in [-0.25, -0.2) is 0 Å². The molecule has 0 saturated carbocycles. The van der Waals surface area contributed by atoms with Gasteiger partial charge in [0.1, 0.15) is 6.61 Å². The van der Waals surface area contributed by atoms with Gasteiger partial charge < -0.3 is 14.8 Å². The summed E-state index contributed by atoms with van der Waals surface area (Å²) in [5.74, 6) is 2.01. The highest BCUT2D eigenvalue weighted by Crippen LogP contribution is 2.10. The molecule has 15 heavy (non-hydrogen) atoms. The first-order chi connectivity index (χ1) is 7.33. The highest BCUT2D eigenvalue weighted by atomic mass is 32.2. The van der Waals surface area contributed by atoms with Crippen molar-refractivity contribution in [3.63, 3.8) is 0 Å². The molecule has 0 aromatic carbocycles. The summed E-state index contributed by atoms with van der Waals surface area (Å²) >= 11 is 1.88. The zero-order chi connectivity index (χ0) is 10.9. The van der Waals surface area contributed by atoms with E-state index in [1.165, 1.54) is 0 Å². The van der Waals surface area contributed by atoms with Gasteiger partial charge in [-0.2, -0.15) is 11.8 Å². The number of hydrogen-bond acceptors (Lipinski definition) is 5. The fraction of sp³-hybridized carbons (Fsp3) is 0.900. The van der Waals surface area contributed by atoms with Crippen LogP contribution in [0.3, 0.4) is 0 Å². The quantitative estimate of drug-likeness (QED) is 0.539. The maximum atomic E-state index is 11.3. The minimum absolute atomic E-state index is 0.130. The zero-order valence-corrected chi connectivity index (χ0v) is 9.98. The second kappa shape index (κ2) is 7.96. The first-order valence-corrected chi connectivity index (χ1v) is 6.53. The second-order valence-electron chi connectivity index (χ2n) is 3.35. The molecule has 1 atom stereocenters. The third-order valence-corrected chi connectivity index (χ3v) is 3.24. The van der Waals surface area contributed by atoms with Gasteiger partial charge in [0, 0.05) is 30.7 Å². The van der Waals surface area contributed by atoms with Crippen molar-refractivity contribution >= 4 is 17.7 Å². The molecule has 1 fully saturated rings. The fourth-order valence-corrected chi connectivity index (χ4v) is 2.32. The van der Waals surface area contributed by atoms with Gasteiger partial charge in [0.05, 0.1) is 13.0 Å². The predicted octanol–water partition coefficient (Wildman–Crippen LogP) is 0.661. The van der Waals surface area contributed by atoms with Crippen LogP contribution in [-0.2, 0) is 14.3 Å². The van der Waals surface area contributed by atoms with Gasteiger partial charge in [-0.15, -0.1) is 0 Å².